The molecule has 1 N–H and O–H groups in total. The molecule has 1 unspecified atom stereocenters. The lowest BCUT2D eigenvalue weighted by atomic mass is 10.2. The molecule has 12 heavy (non-hydrogen) atoms. The van der Waals surface area contributed by atoms with E-state index in [4.69, 9.17) is 4.74 Å². The van der Waals surface area contributed by atoms with Gasteiger partial charge in [0.2, 0.25) is 5.91 Å². The molecule has 1 saturated heterocycles. The molecule has 0 saturated carbocycles. The number of nitrogens with one attached hydrogen (secondary N) is 1. The number of methoxy groups -OCH3 is 1. The average Bonchev–Trinajstić information content (AvgIpc) is 2.56. The van der Waals surface area contributed by atoms with Crippen molar-refractivity contribution in [1.29, 1.82) is 0 Å². The van der Waals surface area contributed by atoms with Gasteiger partial charge in [-0.1, -0.05) is 0 Å². The van der Waals surface area contributed by atoms with Crippen molar-refractivity contribution >= 4 is 17.7 Å². The van der Waals surface area contributed by atoms with Crippen LogP contribution in [-0.2, 0) is 9.53 Å². The largest absolute Gasteiger partial charge is 0.383 e. The molecule has 1 aliphatic rings. The minimum Gasteiger partial charge on any atom is -0.383 e. The van der Waals surface area contributed by atoms with Crippen molar-refractivity contribution < 1.29 is 9.53 Å². The number of carbonyl (C=O) groups is 1. The van der Waals surface area contributed by atoms with Gasteiger partial charge in [-0.25, -0.2) is 0 Å². The van der Waals surface area contributed by atoms with Crippen LogP contribution < -0.4 is 5.32 Å². The highest BCUT2D eigenvalue weighted by atomic mass is 32.2. The Labute approximate surface area is 77.2 Å². The highest BCUT2D eigenvalue weighted by molar-refractivity contribution is 8.00. The Hall–Kier alpha value is -0.220. The number of hydrogen-bond acceptors (Lipinski definition) is 3. The molecule has 0 aromatic rings. The average molecular weight is 189 g/mol. The Morgan fingerprint density at radius 1 is 1.75 bits per heavy atom. The van der Waals surface area contributed by atoms with Crippen LogP contribution in [0.25, 0.3) is 0 Å². The molecule has 1 heterocycles. The molecular formula is C8H15NO2S. The first kappa shape index (κ1) is 9.86. The van der Waals surface area contributed by atoms with Crippen LogP contribution in [0.4, 0.5) is 0 Å². The Morgan fingerprint density at radius 3 is 3.17 bits per heavy atom. The van der Waals surface area contributed by atoms with Crippen LogP contribution in [-0.4, -0.2) is 37.2 Å². The topological polar surface area (TPSA) is 38.3 Å². The summed E-state index contributed by atoms with van der Waals surface area (Å²) < 4.78 is 4.83. The molecule has 1 fully saturated rings. The summed E-state index contributed by atoms with van der Waals surface area (Å²) in [4.78, 5) is 11.3. The number of hydrogen-bond donors (Lipinski definition) is 1. The lowest BCUT2D eigenvalue weighted by Crippen LogP contribution is -2.33. The van der Waals surface area contributed by atoms with Gasteiger partial charge in [-0.3, -0.25) is 4.79 Å². The maximum Gasteiger partial charge on any atom is 0.233 e. The first-order valence-corrected chi connectivity index (χ1v) is 5.27. The SMILES string of the molecule is COCCNC(=O)C1CCCS1. The first-order chi connectivity index (χ1) is 5.84. The molecule has 0 aromatic heterocycles. The fourth-order valence-corrected chi connectivity index (χ4v) is 2.36. The first-order valence-electron chi connectivity index (χ1n) is 4.23. The third-order valence-electron chi connectivity index (χ3n) is 1.83. The molecule has 1 rings (SSSR count). The van der Waals surface area contributed by atoms with Crippen molar-refractivity contribution in [3.63, 3.8) is 0 Å². The second-order valence-corrected chi connectivity index (χ2v) is 4.10. The van der Waals surface area contributed by atoms with E-state index in [0.29, 0.717) is 13.2 Å². The fourth-order valence-electron chi connectivity index (χ4n) is 1.17. The molecule has 3 nitrogen and oxygen atoms in total. The molecule has 0 spiro atoms. The van der Waals surface area contributed by atoms with Crippen LogP contribution in [0.1, 0.15) is 12.8 Å². The van der Waals surface area contributed by atoms with E-state index in [1.807, 2.05) is 0 Å². The van der Waals surface area contributed by atoms with Crippen molar-refractivity contribution in [2.45, 2.75) is 18.1 Å². The van der Waals surface area contributed by atoms with Gasteiger partial charge in [0.05, 0.1) is 11.9 Å². The maximum absolute atomic E-state index is 11.3. The zero-order valence-corrected chi connectivity index (χ0v) is 8.15. The predicted octanol–water partition coefficient (Wildman–Crippen LogP) is 0.645. The summed E-state index contributed by atoms with van der Waals surface area (Å²) in [6.45, 7) is 1.23. The summed E-state index contributed by atoms with van der Waals surface area (Å²) in [5, 5.41) is 3.04. The lowest BCUT2D eigenvalue weighted by molar-refractivity contribution is -0.120. The quantitative estimate of drug-likeness (QED) is 0.660. The summed E-state index contributed by atoms with van der Waals surface area (Å²) in [7, 11) is 1.64. The van der Waals surface area contributed by atoms with E-state index in [2.05, 4.69) is 5.32 Å². The van der Waals surface area contributed by atoms with E-state index in [1.54, 1.807) is 18.9 Å². The van der Waals surface area contributed by atoms with E-state index >= 15 is 0 Å². The Kier molecular flexibility index (Phi) is 4.46. The van der Waals surface area contributed by atoms with Gasteiger partial charge in [-0.2, -0.15) is 0 Å². The minimum absolute atomic E-state index is 0.176. The highest BCUT2D eigenvalue weighted by Gasteiger charge is 2.22. The highest BCUT2D eigenvalue weighted by Crippen LogP contribution is 2.25. The normalized spacial score (nSPS) is 22.6. The van der Waals surface area contributed by atoms with Crippen LogP contribution in [0.2, 0.25) is 0 Å². The third kappa shape index (κ3) is 3.03. The lowest BCUT2D eigenvalue weighted by Gasteiger charge is -2.08. The van der Waals surface area contributed by atoms with E-state index < -0.39 is 0 Å². The minimum atomic E-state index is 0.176. The van der Waals surface area contributed by atoms with Crippen LogP contribution in [0.3, 0.4) is 0 Å². The van der Waals surface area contributed by atoms with Gasteiger partial charge in [-0.15, -0.1) is 11.8 Å². The second-order valence-electron chi connectivity index (χ2n) is 2.79. The molecule has 1 amide bonds. The van der Waals surface area contributed by atoms with Crippen molar-refractivity contribution in [3.8, 4) is 0 Å². The predicted molar refractivity (Wildman–Crippen MR) is 50.4 cm³/mol. The molecule has 0 bridgehead atoms. The summed E-state index contributed by atoms with van der Waals surface area (Å²) in [6, 6.07) is 0. The number of amides is 1. The van der Waals surface area contributed by atoms with E-state index in [9.17, 15) is 4.79 Å². The maximum atomic E-state index is 11.3. The number of carbonyl (C=O) groups excluding carboxylic acids is 1. The standard InChI is InChI=1S/C8H15NO2S/c1-11-5-4-9-8(10)7-3-2-6-12-7/h7H,2-6H2,1H3,(H,9,10). The van der Waals surface area contributed by atoms with Crippen LogP contribution in [0, 0.1) is 0 Å². The van der Waals surface area contributed by atoms with Crippen LogP contribution in [0.5, 0.6) is 0 Å². The van der Waals surface area contributed by atoms with Gasteiger partial charge in [-0.05, 0) is 18.6 Å². The zero-order valence-electron chi connectivity index (χ0n) is 7.34. The smallest absolute Gasteiger partial charge is 0.233 e. The van der Waals surface area contributed by atoms with E-state index in [-0.39, 0.29) is 11.2 Å². The van der Waals surface area contributed by atoms with Gasteiger partial charge < -0.3 is 10.1 Å². The van der Waals surface area contributed by atoms with Gasteiger partial charge in [0, 0.05) is 13.7 Å². The Balaban J connectivity index is 2.10. The number of thioether (sulfide) groups is 1. The van der Waals surface area contributed by atoms with Crippen molar-refractivity contribution in [3.05, 3.63) is 0 Å². The van der Waals surface area contributed by atoms with E-state index in [1.165, 1.54) is 6.42 Å². The molecule has 1 atom stereocenters. The van der Waals surface area contributed by atoms with Crippen LogP contribution in [0.15, 0.2) is 0 Å². The molecule has 70 valence electrons. The van der Waals surface area contributed by atoms with Gasteiger partial charge in [0.1, 0.15) is 0 Å². The summed E-state index contributed by atoms with van der Waals surface area (Å²) in [5.41, 5.74) is 0. The Morgan fingerprint density at radius 2 is 2.58 bits per heavy atom. The molecule has 1 aliphatic heterocycles. The summed E-state index contributed by atoms with van der Waals surface area (Å²) in [6.07, 6.45) is 2.20. The zero-order chi connectivity index (χ0) is 8.81. The molecule has 0 aromatic carbocycles. The summed E-state index contributed by atoms with van der Waals surface area (Å²) >= 11 is 1.76. The number of rotatable bonds is 4. The van der Waals surface area contributed by atoms with E-state index in [0.717, 1.165) is 12.2 Å². The van der Waals surface area contributed by atoms with Gasteiger partial charge in [0.25, 0.3) is 0 Å². The Bertz CT molecular complexity index is 146. The molecular weight excluding hydrogens is 174 g/mol. The molecule has 0 aliphatic carbocycles. The molecule has 0 radical (unpaired) electrons. The van der Waals surface area contributed by atoms with Crippen LogP contribution >= 0.6 is 11.8 Å². The second kappa shape index (κ2) is 5.43. The van der Waals surface area contributed by atoms with Gasteiger partial charge >= 0.3 is 0 Å². The molecule has 4 heteroatoms. The van der Waals surface area contributed by atoms with Gasteiger partial charge in [0.15, 0.2) is 0 Å². The summed E-state index contributed by atoms with van der Waals surface area (Å²) in [5.74, 6) is 1.30. The monoisotopic (exact) mass is 189 g/mol. The van der Waals surface area contributed by atoms with Crippen molar-refractivity contribution in [2.24, 2.45) is 0 Å². The number of ether oxygens (including phenoxy) is 1. The van der Waals surface area contributed by atoms with Crippen molar-refractivity contribution in [1.82, 2.24) is 5.32 Å². The third-order valence-corrected chi connectivity index (χ3v) is 3.20. The van der Waals surface area contributed by atoms with Crippen molar-refractivity contribution in [2.75, 3.05) is 26.0 Å². The fraction of sp³-hybridized carbons (Fsp3) is 0.875.